The Hall–Kier alpha value is -0.661. The number of aromatic hydroxyl groups is 2. The summed E-state index contributed by atoms with van der Waals surface area (Å²) >= 11 is 0.674. The first-order valence-electron chi connectivity index (χ1n) is 3.74. The SMILES string of the molecule is C[Se]CCc1ccc(O)c(O)c1. The summed E-state index contributed by atoms with van der Waals surface area (Å²) in [4.78, 5) is 0. The number of phenols is 2. The summed E-state index contributed by atoms with van der Waals surface area (Å²) in [5, 5.41) is 19.4. The number of hydrogen-bond acceptors (Lipinski definition) is 2. The molecule has 0 unspecified atom stereocenters. The first kappa shape index (κ1) is 9.43. The normalized spacial score (nSPS) is 10.1. The predicted molar refractivity (Wildman–Crippen MR) is 49.9 cm³/mol. The summed E-state index contributed by atoms with van der Waals surface area (Å²) in [5.41, 5.74) is 1.09. The van der Waals surface area contributed by atoms with Gasteiger partial charge >= 0.3 is 78.0 Å². The first-order chi connectivity index (χ1) is 5.74. The van der Waals surface area contributed by atoms with Crippen LogP contribution in [-0.4, -0.2) is 25.2 Å². The number of aryl methyl sites for hydroxylation is 1. The molecule has 0 spiro atoms. The second-order valence-corrected chi connectivity index (χ2v) is 4.63. The number of hydrogen-bond donors (Lipinski definition) is 2. The van der Waals surface area contributed by atoms with Gasteiger partial charge in [-0.3, -0.25) is 0 Å². The average Bonchev–Trinajstić information content (AvgIpc) is 2.07. The fourth-order valence-electron chi connectivity index (χ4n) is 0.944. The van der Waals surface area contributed by atoms with Gasteiger partial charge in [0.25, 0.3) is 0 Å². The van der Waals surface area contributed by atoms with Crippen LogP contribution in [0, 0.1) is 0 Å². The molecule has 1 aromatic carbocycles. The van der Waals surface area contributed by atoms with Crippen LogP contribution in [0.5, 0.6) is 11.5 Å². The van der Waals surface area contributed by atoms with Gasteiger partial charge < -0.3 is 0 Å². The van der Waals surface area contributed by atoms with E-state index < -0.39 is 0 Å². The summed E-state index contributed by atoms with van der Waals surface area (Å²) in [5.74, 6) is 2.13. The average molecular weight is 231 g/mol. The zero-order valence-corrected chi connectivity index (χ0v) is 8.66. The van der Waals surface area contributed by atoms with Crippen LogP contribution in [0.25, 0.3) is 0 Å². The molecule has 0 aromatic heterocycles. The summed E-state index contributed by atoms with van der Waals surface area (Å²) in [6.07, 6.45) is 0.990. The van der Waals surface area contributed by atoms with Crippen LogP contribution >= 0.6 is 0 Å². The van der Waals surface area contributed by atoms with Crippen LogP contribution < -0.4 is 0 Å². The fraction of sp³-hybridized carbons (Fsp3) is 0.333. The first-order valence-corrected chi connectivity index (χ1v) is 6.66. The number of phenolic OH excluding ortho intramolecular Hbond substituents is 2. The quantitative estimate of drug-likeness (QED) is 0.615. The van der Waals surface area contributed by atoms with Crippen molar-refractivity contribution in [2.75, 3.05) is 0 Å². The van der Waals surface area contributed by atoms with E-state index in [9.17, 15) is 0 Å². The van der Waals surface area contributed by atoms with Gasteiger partial charge in [-0.2, -0.15) is 0 Å². The third-order valence-corrected chi connectivity index (χ3v) is 2.92. The Bertz CT molecular complexity index is 261. The monoisotopic (exact) mass is 232 g/mol. The van der Waals surface area contributed by atoms with Crippen LogP contribution in [0.2, 0.25) is 11.1 Å². The maximum absolute atomic E-state index is 9.15. The molecule has 0 fully saturated rings. The van der Waals surface area contributed by atoms with Crippen molar-refractivity contribution in [1.82, 2.24) is 0 Å². The molecule has 2 nitrogen and oxygen atoms in total. The van der Waals surface area contributed by atoms with Gasteiger partial charge in [0.1, 0.15) is 0 Å². The van der Waals surface area contributed by atoms with Gasteiger partial charge in [-0.1, -0.05) is 0 Å². The van der Waals surface area contributed by atoms with Gasteiger partial charge in [-0.25, -0.2) is 0 Å². The molecule has 0 saturated carbocycles. The van der Waals surface area contributed by atoms with Crippen LogP contribution in [0.3, 0.4) is 0 Å². The van der Waals surface area contributed by atoms with Crippen LogP contribution in [0.15, 0.2) is 18.2 Å². The van der Waals surface area contributed by atoms with E-state index in [2.05, 4.69) is 5.82 Å². The van der Waals surface area contributed by atoms with Crippen molar-refractivity contribution in [3.05, 3.63) is 23.8 Å². The molecule has 1 aromatic rings. The van der Waals surface area contributed by atoms with E-state index in [1.807, 2.05) is 6.07 Å². The molecule has 2 N–H and O–H groups in total. The Kier molecular flexibility index (Phi) is 3.45. The number of rotatable bonds is 3. The molecule has 0 heterocycles. The van der Waals surface area contributed by atoms with Crippen molar-refractivity contribution in [2.45, 2.75) is 17.6 Å². The minimum absolute atomic E-state index is 0.0175. The van der Waals surface area contributed by atoms with Gasteiger partial charge in [0.05, 0.1) is 0 Å². The summed E-state index contributed by atoms with van der Waals surface area (Å²) in [6.45, 7) is 0. The molecule has 0 aliphatic carbocycles. The van der Waals surface area contributed by atoms with E-state index in [0.717, 1.165) is 12.0 Å². The molecule has 0 saturated heterocycles. The molecule has 0 amide bonds. The molecular weight excluding hydrogens is 219 g/mol. The van der Waals surface area contributed by atoms with Crippen molar-refractivity contribution in [3.63, 3.8) is 0 Å². The van der Waals surface area contributed by atoms with E-state index in [0.29, 0.717) is 15.0 Å². The topological polar surface area (TPSA) is 40.5 Å². The number of benzene rings is 1. The molecule has 0 bridgehead atoms. The van der Waals surface area contributed by atoms with Crippen molar-refractivity contribution < 1.29 is 10.2 Å². The Labute approximate surface area is 78.4 Å². The molecule has 1 rings (SSSR count). The zero-order chi connectivity index (χ0) is 8.97. The predicted octanol–water partition coefficient (Wildman–Crippen LogP) is 1.81. The van der Waals surface area contributed by atoms with E-state index in [-0.39, 0.29) is 11.5 Å². The van der Waals surface area contributed by atoms with Crippen molar-refractivity contribution in [1.29, 1.82) is 0 Å². The minimum atomic E-state index is -0.0410. The van der Waals surface area contributed by atoms with Crippen LogP contribution in [0.1, 0.15) is 5.56 Å². The third kappa shape index (κ3) is 2.43. The van der Waals surface area contributed by atoms with Gasteiger partial charge in [0.15, 0.2) is 0 Å². The molecule has 0 aliphatic rings. The summed E-state index contributed by atoms with van der Waals surface area (Å²) in [6, 6.07) is 5.01. The van der Waals surface area contributed by atoms with Gasteiger partial charge in [-0.05, 0) is 0 Å². The van der Waals surface area contributed by atoms with Crippen molar-refractivity contribution in [3.8, 4) is 11.5 Å². The van der Waals surface area contributed by atoms with Crippen LogP contribution in [0.4, 0.5) is 0 Å². The molecule has 0 aliphatic heterocycles. The summed E-state index contributed by atoms with van der Waals surface area (Å²) in [7, 11) is 0. The maximum atomic E-state index is 9.15. The molecule has 3 heteroatoms. The second kappa shape index (κ2) is 4.39. The summed E-state index contributed by atoms with van der Waals surface area (Å²) < 4.78 is 0. The fourth-order valence-corrected chi connectivity index (χ4v) is 1.87. The van der Waals surface area contributed by atoms with E-state index in [1.54, 1.807) is 6.07 Å². The second-order valence-electron chi connectivity index (χ2n) is 2.57. The zero-order valence-electron chi connectivity index (χ0n) is 6.95. The molecule has 0 radical (unpaired) electrons. The van der Waals surface area contributed by atoms with E-state index in [4.69, 9.17) is 10.2 Å². The van der Waals surface area contributed by atoms with Crippen molar-refractivity contribution >= 4 is 15.0 Å². The van der Waals surface area contributed by atoms with Gasteiger partial charge in [0, 0.05) is 0 Å². The standard InChI is InChI=1S/C9H12O2Se/c1-12-5-4-7-2-3-8(10)9(11)6-7/h2-3,6,10-11H,4-5H2,1H3. The van der Waals surface area contributed by atoms with E-state index in [1.165, 1.54) is 11.4 Å². The Morgan fingerprint density at radius 3 is 2.58 bits per heavy atom. The van der Waals surface area contributed by atoms with E-state index >= 15 is 0 Å². The van der Waals surface area contributed by atoms with Gasteiger partial charge in [0.2, 0.25) is 0 Å². The molecule has 66 valence electrons. The molecular formula is C9H12O2Se. The molecule has 0 atom stereocenters. The Balaban J connectivity index is 2.69. The van der Waals surface area contributed by atoms with Gasteiger partial charge in [-0.15, -0.1) is 0 Å². The molecule has 12 heavy (non-hydrogen) atoms. The third-order valence-electron chi connectivity index (χ3n) is 1.63. The van der Waals surface area contributed by atoms with Crippen LogP contribution in [-0.2, 0) is 6.42 Å². The Morgan fingerprint density at radius 2 is 2.00 bits per heavy atom. The van der Waals surface area contributed by atoms with Crippen molar-refractivity contribution in [2.24, 2.45) is 0 Å². The Morgan fingerprint density at radius 1 is 1.25 bits per heavy atom.